The predicted molar refractivity (Wildman–Crippen MR) is 81.6 cm³/mol. The molecular weight excluding hydrogens is 299 g/mol. The monoisotopic (exact) mass is 318 g/mol. The highest BCUT2D eigenvalue weighted by Gasteiger charge is 2.09. The lowest BCUT2D eigenvalue weighted by atomic mass is 10.1. The van der Waals surface area contributed by atoms with E-state index in [4.69, 9.17) is 5.73 Å². The highest BCUT2D eigenvalue weighted by atomic mass is 79.9. The Labute approximate surface area is 114 Å². The number of aliphatic hydroxyl groups is 1. The molecule has 0 fully saturated rings. The first-order chi connectivity index (χ1) is 7.87. The van der Waals surface area contributed by atoms with Gasteiger partial charge in [-0.05, 0) is 49.8 Å². The van der Waals surface area contributed by atoms with Gasteiger partial charge in [0.2, 0.25) is 0 Å². The molecule has 5 heteroatoms. The zero-order chi connectivity index (χ0) is 13.3. The summed E-state index contributed by atoms with van der Waals surface area (Å²) < 4.78 is 0.946. The molecule has 0 heterocycles. The summed E-state index contributed by atoms with van der Waals surface area (Å²) in [6, 6.07) is 0. The third kappa shape index (κ3) is 10.3. The van der Waals surface area contributed by atoms with E-state index in [0.29, 0.717) is 6.54 Å². The largest absolute Gasteiger partial charge is 0.405 e. The van der Waals surface area contributed by atoms with Crippen LogP contribution < -0.4 is 11.1 Å². The minimum Gasteiger partial charge on any atom is -0.405 e. The lowest BCUT2D eigenvalue weighted by Gasteiger charge is -2.16. The number of rotatable bonds is 6. The Balaban J connectivity index is 4.19. The van der Waals surface area contributed by atoms with Crippen LogP contribution in [-0.2, 0) is 0 Å². The van der Waals surface area contributed by atoms with Gasteiger partial charge in [0.05, 0.1) is 5.60 Å². The SMILES string of the molecule is CC(C)(O)CN/C=C/C=C(Br)\C(P)=C\C=C\N. The molecule has 1 unspecified atom stereocenters. The molecule has 0 saturated carbocycles. The Hall–Kier alpha value is -0.570. The summed E-state index contributed by atoms with van der Waals surface area (Å²) in [5.74, 6) is 0. The molecule has 0 rings (SSSR count). The zero-order valence-electron chi connectivity index (χ0n) is 10.2. The van der Waals surface area contributed by atoms with E-state index in [9.17, 15) is 5.11 Å². The van der Waals surface area contributed by atoms with Crippen LogP contribution in [-0.4, -0.2) is 17.3 Å². The summed E-state index contributed by atoms with van der Waals surface area (Å²) in [5, 5.41) is 13.5. The van der Waals surface area contributed by atoms with Crippen LogP contribution in [0.2, 0.25) is 0 Å². The Morgan fingerprint density at radius 2 is 2.06 bits per heavy atom. The predicted octanol–water partition coefficient (Wildman–Crippen LogP) is 2.37. The number of hydrogen-bond acceptors (Lipinski definition) is 3. The van der Waals surface area contributed by atoms with Gasteiger partial charge in [-0.1, -0.05) is 22.0 Å². The fraction of sp³-hybridized carbons (Fsp3) is 0.333. The van der Waals surface area contributed by atoms with Crippen LogP contribution in [0.1, 0.15) is 13.8 Å². The minimum atomic E-state index is -0.705. The number of halogens is 1. The molecular formula is C12H20BrN2OP. The van der Waals surface area contributed by atoms with Gasteiger partial charge in [0.1, 0.15) is 0 Å². The quantitative estimate of drug-likeness (QED) is 0.520. The van der Waals surface area contributed by atoms with E-state index in [-0.39, 0.29) is 0 Å². The van der Waals surface area contributed by atoms with E-state index in [1.807, 2.05) is 18.2 Å². The van der Waals surface area contributed by atoms with Crippen LogP contribution in [0.5, 0.6) is 0 Å². The summed E-state index contributed by atoms with van der Waals surface area (Å²) in [4.78, 5) is 0. The van der Waals surface area contributed by atoms with Gasteiger partial charge in [-0.2, -0.15) is 0 Å². The topological polar surface area (TPSA) is 58.3 Å². The van der Waals surface area contributed by atoms with Gasteiger partial charge >= 0.3 is 0 Å². The number of nitrogens with two attached hydrogens (primary N) is 1. The van der Waals surface area contributed by atoms with Crippen molar-refractivity contribution in [3.63, 3.8) is 0 Å². The van der Waals surface area contributed by atoms with Crippen LogP contribution >= 0.6 is 25.2 Å². The molecule has 3 nitrogen and oxygen atoms in total. The van der Waals surface area contributed by atoms with Gasteiger partial charge in [0, 0.05) is 11.0 Å². The van der Waals surface area contributed by atoms with Gasteiger partial charge in [0.25, 0.3) is 0 Å². The second kappa shape index (κ2) is 8.51. The van der Waals surface area contributed by atoms with E-state index < -0.39 is 5.60 Å². The minimum absolute atomic E-state index is 0.508. The molecule has 0 spiro atoms. The van der Waals surface area contributed by atoms with E-state index in [0.717, 1.165) is 9.80 Å². The van der Waals surface area contributed by atoms with Crippen molar-refractivity contribution in [1.29, 1.82) is 0 Å². The molecule has 0 aromatic rings. The van der Waals surface area contributed by atoms with Gasteiger partial charge in [0.15, 0.2) is 0 Å². The Morgan fingerprint density at radius 1 is 1.41 bits per heavy atom. The molecule has 17 heavy (non-hydrogen) atoms. The lowest BCUT2D eigenvalue weighted by Crippen LogP contribution is -2.31. The molecule has 0 aromatic carbocycles. The first kappa shape index (κ1) is 16.4. The third-order valence-corrected chi connectivity index (χ3v) is 3.30. The van der Waals surface area contributed by atoms with Crippen molar-refractivity contribution in [3.8, 4) is 0 Å². The number of allylic oxidation sites excluding steroid dienone is 6. The molecule has 4 N–H and O–H groups in total. The summed E-state index contributed by atoms with van der Waals surface area (Å²) >= 11 is 3.43. The summed E-state index contributed by atoms with van der Waals surface area (Å²) in [6.07, 6.45) is 10.7. The van der Waals surface area contributed by atoms with Crippen LogP contribution in [0.3, 0.4) is 0 Å². The molecule has 0 aromatic heterocycles. The van der Waals surface area contributed by atoms with Crippen molar-refractivity contribution in [2.24, 2.45) is 5.73 Å². The van der Waals surface area contributed by atoms with Crippen LogP contribution in [0.4, 0.5) is 0 Å². The molecule has 1 atom stereocenters. The van der Waals surface area contributed by atoms with Gasteiger partial charge < -0.3 is 16.2 Å². The van der Waals surface area contributed by atoms with E-state index >= 15 is 0 Å². The highest BCUT2D eigenvalue weighted by molar-refractivity contribution is 9.12. The molecule has 0 radical (unpaired) electrons. The maximum Gasteiger partial charge on any atom is 0.0763 e. The van der Waals surface area contributed by atoms with Gasteiger partial charge in [-0.25, -0.2) is 0 Å². The molecule has 96 valence electrons. The number of hydrogen-bond donors (Lipinski definition) is 3. The van der Waals surface area contributed by atoms with Crippen molar-refractivity contribution < 1.29 is 5.11 Å². The average Bonchev–Trinajstić information content (AvgIpc) is 2.23. The van der Waals surface area contributed by atoms with Crippen LogP contribution in [0.25, 0.3) is 0 Å². The van der Waals surface area contributed by atoms with E-state index in [1.54, 1.807) is 26.1 Å². The fourth-order valence-corrected chi connectivity index (χ4v) is 1.34. The zero-order valence-corrected chi connectivity index (χ0v) is 12.9. The summed E-state index contributed by atoms with van der Waals surface area (Å²) in [5.41, 5.74) is 4.54. The van der Waals surface area contributed by atoms with E-state index in [1.165, 1.54) is 6.20 Å². The maximum absolute atomic E-state index is 9.46. The first-order valence-electron chi connectivity index (χ1n) is 5.19. The van der Waals surface area contributed by atoms with Crippen molar-refractivity contribution in [3.05, 3.63) is 46.5 Å². The van der Waals surface area contributed by atoms with Crippen LogP contribution in [0.15, 0.2) is 46.5 Å². The normalized spacial score (nSPS) is 14.9. The highest BCUT2D eigenvalue weighted by Crippen LogP contribution is 2.23. The van der Waals surface area contributed by atoms with Crippen molar-refractivity contribution in [2.75, 3.05) is 6.54 Å². The molecule has 0 aliphatic rings. The standard InChI is InChI=1S/C12H20BrN2OP/c1-12(2,16)9-15-8-4-5-10(13)11(17)6-3-7-14/h3-8,15-16H,9,14,17H2,1-2H3/b7-3+,8-4+,10-5+,11-6-. The van der Waals surface area contributed by atoms with Crippen LogP contribution in [0, 0.1) is 0 Å². The molecule has 0 aliphatic heterocycles. The lowest BCUT2D eigenvalue weighted by molar-refractivity contribution is 0.0835. The summed E-state index contributed by atoms with van der Waals surface area (Å²) in [6.45, 7) is 4.01. The molecule has 0 saturated heterocycles. The Morgan fingerprint density at radius 3 is 2.59 bits per heavy atom. The molecule has 0 bridgehead atoms. The Kier molecular flexibility index (Phi) is 8.23. The maximum atomic E-state index is 9.46. The van der Waals surface area contributed by atoms with Crippen molar-refractivity contribution in [2.45, 2.75) is 19.4 Å². The van der Waals surface area contributed by atoms with Crippen molar-refractivity contribution >= 4 is 25.2 Å². The molecule has 0 amide bonds. The average molecular weight is 319 g/mol. The van der Waals surface area contributed by atoms with Gasteiger partial charge in [-0.15, -0.1) is 9.24 Å². The third-order valence-electron chi connectivity index (χ3n) is 1.65. The number of nitrogens with one attached hydrogen (secondary N) is 1. The second-order valence-electron chi connectivity index (χ2n) is 4.07. The fourth-order valence-electron chi connectivity index (χ4n) is 0.844. The molecule has 0 aliphatic carbocycles. The Bertz CT molecular complexity index is 341. The van der Waals surface area contributed by atoms with Gasteiger partial charge in [-0.3, -0.25) is 0 Å². The van der Waals surface area contributed by atoms with Crippen molar-refractivity contribution in [1.82, 2.24) is 5.32 Å². The van der Waals surface area contributed by atoms with E-state index in [2.05, 4.69) is 30.5 Å². The summed E-state index contributed by atoms with van der Waals surface area (Å²) in [7, 11) is 2.61. The smallest absolute Gasteiger partial charge is 0.0763 e. The first-order valence-corrected chi connectivity index (χ1v) is 6.56. The second-order valence-corrected chi connectivity index (χ2v) is 5.55.